The predicted molar refractivity (Wildman–Crippen MR) is 62.7 cm³/mol. The molecule has 0 aliphatic rings. The van der Waals surface area contributed by atoms with E-state index in [9.17, 15) is 0 Å². The van der Waals surface area contributed by atoms with E-state index in [0.29, 0.717) is 6.61 Å². The van der Waals surface area contributed by atoms with Crippen molar-refractivity contribution < 1.29 is 4.74 Å². The van der Waals surface area contributed by atoms with Crippen LogP contribution in [0.3, 0.4) is 0 Å². The predicted octanol–water partition coefficient (Wildman–Crippen LogP) is 4.26. The van der Waals surface area contributed by atoms with Crippen molar-refractivity contribution in [2.75, 3.05) is 6.61 Å². The van der Waals surface area contributed by atoms with E-state index in [1.54, 1.807) is 11.3 Å². The summed E-state index contributed by atoms with van der Waals surface area (Å²) in [4.78, 5) is 0. The fourth-order valence-electron chi connectivity index (χ4n) is 1.43. The average molecular weight is 227 g/mol. The molecule has 0 saturated carbocycles. The second-order valence-electron chi connectivity index (χ2n) is 3.09. The van der Waals surface area contributed by atoms with E-state index in [4.69, 9.17) is 16.3 Å². The molecule has 1 aromatic heterocycles. The molecule has 1 aromatic carbocycles. The number of rotatable bonds is 2. The normalized spacial score (nSPS) is 10.8. The molecular weight excluding hydrogens is 216 g/mol. The van der Waals surface area contributed by atoms with Gasteiger partial charge in [-0.05, 0) is 19.4 Å². The van der Waals surface area contributed by atoms with Crippen LogP contribution in [0.25, 0.3) is 10.1 Å². The summed E-state index contributed by atoms with van der Waals surface area (Å²) in [5, 5.41) is 2.68. The highest BCUT2D eigenvalue weighted by Gasteiger charge is 2.11. The minimum atomic E-state index is 0.658. The molecule has 0 aliphatic heterocycles. The first-order valence-electron chi connectivity index (χ1n) is 4.54. The number of hydrogen-bond acceptors (Lipinski definition) is 2. The molecular formula is C11H11ClOS. The van der Waals surface area contributed by atoms with Gasteiger partial charge in [-0.3, -0.25) is 0 Å². The number of benzene rings is 1. The van der Waals surface area contributed by atoms with E-state index in [1.165, 1.54) is 10.3 Å². The average Bonchev–Trinajstić information content (AvgIpc) is 2.48. The first-order valence-corrected chi connectivity index (χ1v) is 5.74. The van der Waals surface area contributed by atoms with Gasteiger partial charge in [-0.15, -0.1) is 0 Å². The number of ether oxygens (including phenoxy) is 1. The Bertz CT molecular complexity index is 462. The highest BCUT2D eigenvalue weighted by Crippen LogP contribution is 2.42. The molecule has 2 aromatic rings. The molecule has 0 unspecified atom stereocenters. The van der Waals surface area contributed by atoms with Crippen molar-refractivity contribution >= 4 is 33.0 Å². The van der Waals surface area contributed by atoms with Crippen LogP contribution in [0.4, 0.5) is 0 Å². The molecule has 0 bridgehead atoms. The molecule has 0 radical (unpaired) electrons. The number of halogens is 1. The van der Waals surface area contributed by atoms with Gasteiger partial charge < -0.3 is 4.74 Å². The van der Waals surface area contributed by atoms with Crippen LogP contribution in [0.2, 0.25) is 5.02 Å². The molecule has 0 N–H and O–H groups in total. The Hall–Kier alpha value is -0.730. The van der Waals surface area contributed by atoms with Gasteiger partial charge >= 0.3 is 0 Å². The summed E-state index contributed by atoms with van der Waals surface area (Å²) in [7, 11) is 0. The van der Waals surface area contributed by atoms with Crippen molar-refractivity contribution in [3.05, 3.63) is 28.8 Å². The van der Waals surface area contributed by atoms with Gasteiger partial charge in [-0.25, -0.2) is 0 Å². The molecule has 0 saturated heterocycles. The quantitative estimate of drug-likeness (QED) is 0.744. The third-order valence-electron chi connectivity index (χ3n) is 2.10. The fraction of sp³-hybridized carbons (Fsp3) is 0.273. The molecule has 0 fully saturated rings. The van der Waals surface area contributed by atoms with Gasteiger partial charge in [0.25, 0.3) is 0 Å². The first-order chi connectivity index (χ1) is 6.74. The van der Waals surface area contributed by atoms with Crippen LogP contribution in [0.15, 0.2) is 18.2 Å². The maximum absolute atomic E-state index is 6.19. The molecule has 0 atom stereocenters. The Morgan fingerprint density at radius 3 is 2.86 bits per heavy atom. The van der Waals surface area contributed by atoms with Crippen LogP contribution in [-0.2, 0) is 0 Å². The van der Waals surface area contributed by atoms with Gasteiger partial charge in [0.2, 0.25) is 0 Å². The molecule has 0 amide bonds. The lowest BCUT2D eigenvalue weighted by molar-refractivity contribution is 0.351. The van der Waals surface area contributed by atoms with E-state index in [0.717, 1.165) is 15.5 Å². The number of fused-ring (bicyclic) bond motifs is 1. The van der Waals surface area contributed by atoms with Crippen LogP contribution in [-0.4, -0.2) is 6.61 Å². The second-order valence-corrected chi connectivity index (χ2v) is 4.45. The number of hydrogen-bond donors (Lipinski definition) is 0. The van der Waals surface area contributed by atoms with Gasteiger partial charge in [0.15, 0.2) is 5.06 Å². The number of aryl methyl sites for hydroxylation is 1. The zero-order valence-electron chi connectivity index (χ0n) is 8.13. The van der Waals surface area contributed by atoms with Crippen molar-refractivity contribution in [1.82, 2.24) is 0 Å². The summed E-state index contributed by atoms with van der Waals surface area (Å²) >= 11 is 7.81. The highest BCUT2D eigenvalue weighted by atomic mass is 35.5. The van der Waals surface area contributed by atoms with Crippen molar-refractivity contribution in [3.63, 3.8) is 0 Å². The Labute approximate surface area is 92.3 Å². The van der Waals surface area contributed by atoms with Crippen LogP contribution < -0.4 is 4.74 Å². The summed E-state index contributed by atoms with van der Waals surface area (Å²) in [6.07, 6.45) is 0. The van der Waals surface area contributed by atoms with Crippen LogP contribution in [0.1, 0.15) is 12.5 Å². The summed E-state index contributed by atoms with van der Waals surface area (Å²) in [6.45, 7) is 4.71. The zero-order chi connectivity index (χ0) is 10.1. The summed E-state index contributed by atoms with van der Waals surface area (Å²) in [6, 6.07) is 6.14. The molecule has 1 nitrogen and oxygen atoms in total. The molecule has 0 aliphatic carbocycles. The van der Waals surface area contributed by atoms with E-state index in [-0.39, 0.29) is 0 Å². The first kappa shape index (κ1) is 9.81. The Morgan fingerprint density at radius 1 is 1.43 bits per heavy atom. The molecule has 74 valence electrons. The lowest BCUT2D eigenvalue weighted by Gasteiger charge is -1.97. The fourth-order valence-corrected chi connectivity index (χ4v) is 2.89. The third-order valence-corrected chi connectivity index (χ3v) is 3.84. The Kier molecular flexibility index (Phi) is 2.66. The number of thiophene rings is 1. The second kappa shape index (κ2) is 3.79. The van der Waals surface area contributed by atoms with Crippen molar-refractivity contribution in [3.8, 4) is 5.06 Å². The minimum Gasteiger partial charge on any atom is -0.483 e. The lowest BCUT2D eigenvalue weighted by atomic mass is 10.2. The summed E-state index contributed by atoms with van der Waals surface area (Å²) in [5.74, 6) is 0. The van der Waals surface area contributed by atoms with Crippen LogP contribution >= 0.6 is 22.9 Å². The standard InChI is InChI=1S/C11H11ClOS/c1-3-13-11-9(12)8-6-4-5-7(2)10(8)14-11/h4-6H,3H2,1-2H3. The topological polar surface area (TPSA) is 9.23 Å². The molecule has 14 heavy (non-hydrogen) atoms. The van der Waals surface area contributed by atoms with Gasteiger partial charge in [0, 0.05) is 10.1 Å². The molecule has 1 heterocycles. The van der Waals surface area contributed by atoms with Crippen molar-refractivity contribution in [2.24, 2.45) is 0 Å². The van der Waals surface area contributed by atoms with Crippen molar-refractivity contribution in [2.45, 2.75) is 13.8 Å². The largest absolute Gasteiger partial charge is 0.483 e. The molecule has 3 heteroatoms. The smallest absolute Gasteiger partial charge is 0.193 e. The molecule has 2 rings (SSSR count). The van der Waals surface area contributed by atoms with Gasteiger partial charge in [-0.1, -0.05) is 41.1 Å². The Balaban J connectivity index is 2.67. The van der Waals surface area contributed by atoms with Crippen LogP contribution in [0, 0.1) is 6.92 Å². The SMILES string of the molecule is CCOc1sc2c(C)cccc2c1Cl. The monoisotopic (exact) mass is 226 g/mol. The van der Waals surface area contributed by atoms with Crippen LogP contribution in [0.5, 0.6) is 5.06 Å². The maximum atomic E-state index is 6.19. The maximum Gasteiger partial charge on any atom is 0.193 e. The summed E-state index contributed by atoms with van der Waals surface area (Å²) in [5.41, 5.74) is 1.25. The third kappa shape index (κ3) is 1.49. The Morgan fingerprint density at radius 2 is 2.21 bits per heavy atom. The minimum absolute atomic E-state index is 0.658. The van der Waals surface area contributed by atoms with Gasteiger partial charge in [0.05, 0.1) is 6.61 Å². The summed E-state index contributed by atoms with van der Waals surface area (Å²) < 4.78 is 6.69. The van der Waals surface area contributed by atoms with Crippen molar-refractivity contribution in [1.29, 1.82) is 0 Å². The van der Waals surface area contributed by atoms with E-state index >= 15 is 0 Å². The van der Waals surface area contributed by atoms with E-state index in [2.05, 4.69) is 13.0 Å². The lowest BCUT2D eigenvalue weighted by Crippen LogP contribution is -1.87. The zero-order valence-corrected chi connectivity index (χ0v) is 9.71. The van der Waals surface area contributed by atoms with E-state index < -0.39 is 0 Å². The highest BCUT2D eigenvalue weighted by molar-refractivity contribution is 7.21. The van der Waals surface area contributed by atoms with Gasteiger partial charge in [0.1, 0.15) is 5.02 Å². The van der Waals surface area contributed by atoms with E-state index in [1.807, 2.05) is 19.1 Å². The van der Waals surface area contributed by atoms with Gasteiger partial charge in [-0.2, -0.15) is 0 Å². The molecule has 0 spiro atoms.